The number of hydrogen-bond acceptors (Lipinski definition) is 6. The molecule has 3 rings (SSSR count). The summed E-state index contributed by atoms with van der Waals surface area (Å²) in [6.07, 6.45) is 2.94. The second-order valence-corrected chi connectivity index (χ2v) is 6.78. The van der Waals surface area contributed by atoms with E-state index in [0.717, 1.165) is 5.56 Å². The third-order valence-electron chi connectivity index (χ3n) is 4.51. The standard InChI is InChI=1S/C25H22N2O5/c1-3-30-23-14-18(13-19(15-26)24(28)27-16-20-8-6-12-31-20)10-11-22(23)32-25(29)21-9-5-4-7-17(21)2/h4-14H,3,16H2,1-2H3,(H,27,28)/b19-13+. The SMILES string of the molecule is CCOc1cc(/C=C(\C#N)C(=O)NCc2ccco2)ccc1OC(=O)c1ccccc1C. The molecule has 0 unspecified atom stereocenters. The number of nitriles is 1. The maximum atomic E-state index is 12.6. The zero-order chi connectivity index (χ0) is 22.9. The predicted molar refractivity (Wildman–Crippen MR) is 118 cm³/mol. The summed E-state index contributed by atoms with van der Waals surface area (Å²) >= 11 is 0. The normalized spacial score (nSPS) is 10.8. The molecule has 0 fully saturated rings. The molecule has 0 aliphatic carbocycles. The van der Waals surface area contributed by atoms with E-state index in [1.807, 2.05) is 25.1 Å². The fourth-order valence-corrected chi connectivity index (χ4v) is 2.91. The van der Waals surface area contributed by atoms with Crippen LogP contribution in [0.1, 0.15) is 34.2 Å². The minimum atomic E-state index is -0.531. The van der Waals surface area contributed by atoms with Crippen molar-refractivity contribution in [2.24, 2.45) is 0 Å². The molecule has 0 atom stereocenters. The third kappa shape index (κ3) is 5.64. The molecule has 0 saturated heterocycles. The molecule has 0 aliphatic heterocycles. The number of ether oxygens (including phenoxy) is 2. The van der Waals surface area contributed by atoms with Crippen LogP contribution in [0.4, 0.5) is 0 Å². The first-order chi connectivity index (χ1) is 15.5. The minimum Gasteiger partial charge on any atom is -0.490 e. The smallest absolute Gasteiger partial charge is 0.343 e. The first-order valence-electron chi connectivity index (χ1n) is 9.99. The molecule has 0 aliphatic rings. The summed E-state index contributed by atoms with van der Waals surface area (Å²) in [5, 5.41) is 12.0. The van der Waals surface area contributed by atoms with Crippen LogP contribution in [0.2, 0.25) is 0 Å². The fraction of sp³-hybridized carbons (Fsp3) is 0.160. The molecular formula is C25H22N2O5. The van der Waals surface area contributed by atoms with Gasteiger partial charge < -0.3 is 19.2 Å². The predicted octanol–water partition coefficient (Wildman–Crippen LogP) is 4.43. The summed E-state index contributed by atoms with van der Waals surface area (Å²) in [5.41, 5.74) is 1.73. The Bertz CT molecular complexity index is 1170. The van der Waals surface area contributed by atoms with Crippen LogP contribution >= 0.6 is 0 Å². The number of nitrogens with one attached hydrogen (secondary N) is 1. The Morgan fingerprint density at radius 1 is 1.12 bits per heavy atom. The van der Waals surface area contributed by atoms with E-state index in [4.69, 9.17) is 13.9 Å². The lowest BCUT2D eigenvalue weighted by Crippen LogP contribution is -2.23. The van der Waals surface area contributed by atoms with E-state index in [9.17, 15) is 14.9 Å². The number of hydrogen-bond donors (Lipinski definition) is 1. The Labute approximate surface area is 185 Å². The van der Waals surface area contributed by atoms with E-state index >= 15 is 0 Å². The van der Waals surface area contributed by atoms with Crippen LogP contribution < -0.4 is 14.8 Å². The summed E-state index contributed by atoms with van der Waals surface area (Å²) in [7, 11) is 0. The summed E-state index contributed by atoms with van der Waals surface area (Å²) in [4.78, 5) is 24.9. The maximum absolute atomic E-state index is 12.6. The zero-order valence-corrected chi connectivity index (χ0v) is 17.8. The van der Waals surface area contributed by atoms with Crippen molar-refractivity contribution < 1.29 is 23.5 Å². The maximum Gasteiger partial charge on any atom is 0.343 e. The molecule has 1 amide bonds. The quantitative estimate of drug-likeness (QED) is 0.246. The summed E-state index contributed by atoms with van der Waals surface area (Å²) in [6, 6.07) is 17.3. The van der Waals surface area contributed by atoms with Crippen LogP contribution in [0.25, 0.3) is 6.08 Å². The van der Waals surface area contributed by atoms with Gasteiger partial charge in [0.1, 0.15) is 17.4 Å². The average Bonchev–Trinajstić information content (AvgIpc) is 3.31. The van der Waals surface area contributed by atoms with Crippen LogP contribution in [0.3, 0.4) is 0 Å². The molecule has 32 heavy (non-hydrogen) atoms. The van der Waals surface area contributed by atoms with Gasteiger partial charge in [-0.2, -0.15) is 5.26 Å². The first kappa shape index (κ1) is 22.4. The zero-order valence-electron chi connectivity index (χ0n) is 17.8. The minimum absolute atomic E-state index is 0.0799. The van der Waals surface area contributed by atoms with Crippen LogP contribution in [-0.2, 0) is 11.3 Å². The van der Waals surface area contributed by atoms with E-state index < -0.39 is 11.9 Å². The Morgan fingerprint density at radius 2 is 1.94 bits per heavy atom. The Kier molecular flexibility index (Phi) is 7.44. The molecule has 0 spiro atoms. The van der Waals surface area contributed by atoms with Gasteiger partial charge in [0.2, 0.25) is 0 Å². The lowest BCUT2D eigenvalue weighted by molar-refractivity contribution is -0.117. The lowest BCUT2D eigenvalue weighted by Gasteiger charge is -2.12. The fourth-order valence-electron chi connectivity index (χ4n) is 2.91. The number of rotatable bonds is 8. The Balaban J connectivity index is 1.79. The van der Waals surface area contributed by atoms with Crippen LogP contribution in [-0.4, -0.2) is 18.5 Å². The number of benzene rings is 2. The number of furan rings is 1. The molecule has 1 heterocycles. The molecule has 1 aromatic heterocycles. The second-order valence-electron chi connectivity index (χ2n) is 6.78. The van der Waals surface area contributed by atoms with E-state index in [2.05, 4.69) is 5.32 Å². The summed E-state index contributed by atoms with van der Waals surface area (Å²) < 4.78 is 16.3. The Morgan fingerprint density at radius 3 is 2.62 bits per heavy atom. The molecule has 0 bridgehead atoms. The average molecular weight is 430 g/mol. The molecule has 7 nitrogen and oxygen atoms in total. The van der Waals surface area contributed by atoms with Gasteiger partial charge in [-0.25, -0.2) is 4.79 Å². The van der Waals surface area contributed by atoms with Gasteiger partial charge in [0, 0.05) is 0 Å². The number of carbonyl (C=O) groups is 2. The van der Waals surface area contributed by atoms with Crippen molar-refractivity contribution in [1.29, 1.82) is 5.26 Å². The van der Waals surface area contributed by atoms with Gasteiger partial charge in [-0.1, -0.05) is 24.3 Å². The molecule has 0 radical (unpaired) electrons. The van der Waals surface area contributed by atoms with E-state index in [1.165, 1.54) is 12.3 Å². The molecule has 1 N–H and O–H groups in total. The number of carbonyl (C=O) groups excluding carboxylic acids is 2. The highest BCUT2D eigenvalue weighted by molar-refractivity contribution is 6.01. The van der Waals surface area contributed by atoms with E-state index in [-0.39, 0.29) is 17.9 Å². The third-order valence-corrected chi connectivity index (χ3v) is 4.51. The Hall–Kier alpha value is -4.31. The van der Waals surface area contributed by atoms with Crippen molar-refractivity contribution in [2.45, 2.75) is 20.4 Å². The number of amides is 1. The summed E-state index contributed by atoms with van der Waals surface area (Å²) in [6.45, 7) is 4.15. The second kappa shape index (κ2) is 10.6. The molecule has 3 aromatic rings. The van der Waals surface area contributed by atoms with Gasteiger partial charge in [-0.3, -0.25) is 4.79 Å². The van der Waals surface area contributed by atoms with Gasteiger partial charge in [0.15, 0.2) is 11.5 Å². The highest BCUT2D eigenvalue weighted by atomic mass is 16.6. The van der Waals surface area contributed by atoms with Gasteiger partial charge >= 0.3 is 5.97 Å². The van der Waals surface area contributed by atoms with Crippen molar-refractivity contribution >= 4 is 18.0 Å². The van der Waals surface area contributed by atoms with Crippen molar-refractivity contribution in [3.05, 3.63) is 88.9 Å². The van der Waals surface area contributed by atoms with Gasteiger partial charge in [-0.05, 0) is 61.4 Å². The van der Waals surface area contributed by atoms with Crippen molar-refractivity contribution in [3.63, 3.8) is 0 Å². The summed E-state index contributed by atoms with van der Waals surface area (Å²) in [5.74, 6) is 0.128. The van der Waals surface area contributed by atoms with E-state index in [0.29, 0.717) is 29.2 Å². The molecular weight excluding hydrogens is 408 g/mol. The number of esters is 1. The molecule has 7 heteroatoms. The van der Waals surface area contributed by atoms with Gasteiger partial charge in [-0.15, -0.1) is 0 Å². The van der Waals surface area contributed by atoms with Crippen molar-refractivity contribution in [1.82, 2.24) is 5.32 Å². The largest absolute Gasteiger partial charge is 0.490 e. The van der Waals surface area contributed by atoms with Crippen LogP contribution in [0.15, 0.2) is 70.9 Å². The number of aryl methyl sites for hydroxylation is 1. The first-order valence-corrected chi connectivity index (χ1v) is 9.99. The van der Waals surface area contributed by atoms with Gasteiger partial charge in [0.05, 0.1) is 25.0 Å². The van der Waals surface area contributed by atoms with E-state index in [1.54, 1.807) is 49.4 Å². The molecule has 0 saturated carbocycles. The lowest BCUT2D eigenvalue weighted by atomic mass is 10.1. The molecule has 162 valence electrons. The highest BCUT2D eigenvalue weighted by Crippen LogP contribution is 2.30. The number of nitrogens with zero attached hydrogens (tertiary/aromatic N) is 1. The van der Waals surface area contributed by atoms with Crippen molar-refractivity contribution in [3.8, 4) is 17.6 Å². The van der Waals surface area contributed by atoms with Crippen molar-refractivity contribution in [2.75, 3.05) is 6.61 Å². The molecule has 2 aromatic carbocycles. The topological polar surface area (TPSA) is 102 Å². The monoisotopic (exact) mass is 430 g/mol. The highest BCUT2D eigenvalue weighted by Gasteiger charge is 2.16. The van der Waals surface area contributed by atoms with Crippen LogP contribution in [0, 0.1) is 18.3 Å². The van der Waals surface area contributed by atoms with Gasteiger partial charge in [0.25, 0.3) is 5.91 Å². The van der Waals surface area contributed by atoms with Crippen LogP contribution in [0.5, 0.6) is 11.5 Å².